The van der Waals surface area contributed by atoms with Crippen LogP contribution in [0.3, 0.4) is 0 Å². The maximum atomic E-state index is 12.3. The molecule has 2 atom stereocenters. The number of alkyl halides is 3. The third kappa shape index (κ3) is 2.80. The zero-order valence-electron chi connectivity index (χ0n) is 8.90. The van der Waals surface area contributed by atoms with Crippen LogP contribution in [0.25, 0.3) is 0 Å². The fourth-order valence-corrected chi connectivity index (χ4v) is 1.41. The number of aliphatic hydroxyl groups excluding tert-OH is 1. The van der Waals surface area contributed by atoms with Gasteiger partial charge in [-0.05, 0) is 12.1 Å². The van der Waals surface area contributed by atoms with E-state index in [9.17, 15) is 18.3 Å². The zero-order chi connectivity index (χ0) is 13.2. The highest BCUT2D eigenvalue weighted by Gasteiger charge is 2.44. The van der Waals surface area contributed by atoms with Gasteiger partial charge in [-0.1, -0.05) is 6.07 Å². The molecule has 0 saturated heterocycles. The maximum Gasteiger partial charge on any atom is 0.416 e. The molecule has 4 N–H and O–H groups in total. The summed E-state index contributed by atoms with van der Waals surface area (Å²) in [6.07, 6.45) is -7.64. The van der Waals surface area contributed by atoms with Crippen molar-refractivity contribution in [3.8, 4) is 11.5 Å². The molecule has 4 nitrogen and oxygen atoms in total. The number of benzene rings is 1. The Morgan fingerprint density at radius 2 is 1.94 bits per heavy atom. The third-order valence-electron chi connectivity index (χ3n) is 2.27. The summed E-state index contributed by atoms with van der Waals surface area (Å²) in [7, 11) is 1.23. The summed E-state index contributed by atoms with van der Waals surface area (Å²) in [4.78, 5) is 0. The molecule has 0 fully saturated rings. The van der Waals surface area contributed by atoms with Gasteiger partial charge in [-0.3, -0.25) is 0 Å². The molecule has 0 bridgehead atoms. The molecule has 0 aliphatic rings. The Bertz CT molecular complexity index is 395. The molecule has 0 aliphatic heterocycles. The van der Waals surface area contributed by atoms with Gasteiger partial charge in [0, 0.05) is 0 Å². The molecule has 0 radical (unpaired) electrons. The van der Waals surface area contributed by atoms with Gasteiger partial charge in [0.05, 0.1) is 18.7 Å². The fraction of sp³-hybridized carbons (Fsp3) is 0.400. The lowest BCUT2D eigenvalue weighted by molar-refractivity contribution is -0.210. The monoisotopic (exact) mass is 251 g/mol. The van der Waals surface area contributed by atoms with E-state index in [4.69, 9.17) is 15.6 Å². The predicted molar refractivity (Wildman–Crippen MR) is 53.6 cm³/mol. The highest BCUT2D eigenvalue weighted by Crippen LogP contribution is 2.37. The second-order valence-electron chi connectivity index (χ2n) is 3.41. The zero-order valence-corrected chi connectivity index (χ0v) is 8.90. The molecule has 7 heteroatoms. The maximum absolute atomic E-state index is 12.3. The number of aromatic hydroxyl groups is 1. The number of halogens is 3. The van der Waals surface area contributed by atoms with Gasteiger partial charge in [0.25, 0.3) is 0 Å². The first-order chi connectivity index (χ1) is 7.79. The molecular weight excluding hydrogens is 239 g/mol. The van der Waals surface area contributed by atoms with Crippen molar-refractivity contribution in [3.05, 3.63) is 23.8 Å². The van der Waals surface area contributed by atoms with E-state index >= 15 is 0 Å². The smallest absolute Gasteiger partial charge is 0.416 e. The average Bonchev–Trinajstić information content (AvgIpc) is 2.25. The number of hydrogen-bond acceptors (Lipinski definition) is 4. The van der Waals surface area contributed by atoms with Gasteiger partial charge in [-0.15, -0.1) is 0 Å². The first kappa shape index (κ1) is 13.6. The lowest BCUT2D eigenvalue weighted by Gasteiger charge is -2.23. The summed E-state index contributed by atoms with van der Waals surface area (Å²) in [5.74, 6) is -0.471. The van der Waals surface area contributed by atoms with Crippen LogP contribution in [0, 0.1) is 0 Å². The molecule has 0 spiro atoms. The van der Waals surface area contributed by atoms with Crippen molar-refractivity contribution in [2.24, 2.45) is 5.73 Å². The normalized spacial score (nSPS) is 15.4. The van der Waals surface area contributed by atoms with Crippen LogP contribution >= 0.6 is 0 Å². The summed E-state index contributed by atoms with van der Waals surface area (Å²) in [5.41, 5.74) is 5.01. The topological polar surface area (TPSA) is 75.7 Å². The molecule has 0 heterocycles. The largest absolute Gasteiger partial charge is 0.507 e. The third-order valence-corrected chi connectivity index (χ3v) is 2.27. The number of nitrogens with two attached hydrogens (primary N) is 1. The van der Waals surface area contributed by atoms with Crippen molar-refractivity contribution in [1.82, 2.24) is 0 Å². The lowest BCUT2D eigenvalue weighted by Crippen LogP contribution is -2.39. The van der Waals surface area contributed by atoms with Gasteiger partial charge in [-0.25, -0.2) is 0 Å². The quantitative estimate of drug-likeness (QED) is 0.757. The molecule has 1 aromatic rings. The molecule has 0 saturated carbocycles. The molecule has 0 aliphatic carbocycles. The Hall–Kier alpha value is -1.47. The summed E-state index contributed by atoms with van der Waals surface area (Å²) in [5, 5.41) is 18.5. The van der Waals surface area contributed by atoms with E-state index in [0.717, 1.165) is 0 Å². The van der Waals surface area contributed by atoms with Crippen LogP contribution in [-0.2, 0) is 0 Å². The number of aliphatic hydroxyl groups is 1. The van der Waals surface area contributed by atoms with Gasteiger partial charge in [0.1, 0.15) is 11.5 Å². The van der Waals surface area contributed by atoms with Crippen LogP contribution < -0.4 is 10.5 Å². The van der Waals surface area contributed by atoms with Crippen molar-refractivity contribution in [1.29, 1.82) is 0 Å². The molecule has 0 aromatic heterocycles. The van der Waals surface area contributed by atoms with E-state index in [0.29, 0.717) is 0 Å². The number of phenolic OH excluding ortho intramolecular Hbond substituents is 1. The molecule has 1 aromatic carbocycles. The van der Waals surface area contributed by atoms with E-state index in [-0.39, 0.29) is 11.3 Å². The highest BCUT2D eigenvalue weighted by molar-refractivity contribution is 5.46. The molecule has 0 unspecified atom stereocenters. The molecule has 17 heavy (non-hydrogen) atoms. The van der Waals surface area contributed by atoms with Gasteiger partial charge in [-0.2, -0.15) is 13.2 Å². The highest BCUT2D eigenvalue weighted by atomic mass is 19.4. The van der Waals surface area contributed by atoms with E-state index < -0.39 is 24.1 Å². The Balaban J connectivity index is 3.16. The van der Waals surface area contributed by atoms with Gasteiger partial charge in [0.15, 0.2) is 6.10 Å². The first-order valence-electron chi connectivity index (χ1n) is 4.65. The van der Waals surface area contributed by atoms with Gasteiger partial charge < -0.3 is 20.7 Å². The second-order valence-corrected chi connectivity index (χ2v) is 3.41. The van der Waals surface area contributed by atoms with Crippen LogP contribution in [0.1, 0.15) is 11.6 Å². The van der Waals surface area contributed by atoms with Crippen LogP contribution in [-0.4, -0.2) is 29.6 Å². The summed E-state index contributed by atoms with van der Waals surface area (Å²) < 4.78 is 41.7. The Morgan fingerprint density at radius 1 is 1.35 bits per heavy atom. The summed E-state index contributed by atoms with van der Waals surface area (Å²) in [6, 6.07) is 2.09. The number of ether oxygens (including phenoxy) is 1. The second kappa shape index (κ2) is 4.80. The van der Waals surface area contributed by atoms with Crippen molar-refractivity contribution < 1.29 is 28.1 Å². The fourth-order valence-electron chi connectivity index (χ4n) is 1.41. The standard InChI is InChI=1S/C10H12F3NO3/c1-17-6-4-2-3-5(15)7(6)8(14)9(16)10(11,12)13/h2-4,8-9,15-16H,14H2,1H3/t8-,9-/m1/s1. The van der Waals surface area contributed by atoms with E-state index in [2.05, 4.69) is 0 Å². The number of rotatable bonds is 3. The van der Waals surface area contributed by atoms with Crippen LogP contribution in [0.15, 0.2) is 18.2 Å². The number of phenols is 1. The van der Waals surface area contributed by atoms with Crippen molar-refractivity contribution in [2.45, 2.75) is 18.3 Å². The van der Waals surface area contributed by atoms with Crippen LogP contribution in [0.4, 0.5) is 13.2 Å². The minimum absolute atomic E-state index is 0.0131. The van der Waals surface area contributed by atoms with E-state index in [1.165, 1.54) is 25.3 Å². The first-order valence-corrected chi connectivity index (χ1v) is 4.65. The minimum atomic E-state index is -4.87. The van der Waals surface area contributed by atoms with E-state index in [1.54, 1.807) is 0 Å². The minimum Gasteiger partial charge on any atom is -0.507 e. The SMILES string of the molecule is COc1cccc(O)c1[C@@H](N)[C@@H](O)C(F)(F)F. The number of methoxy groups -OCH3 is 1. The predicted octanol–water partition coefficient (Wildman–Crippen LogP) is 1.32. The van der Waals surface area contributed by atoms with Crippen molar-refractivity contribution >= 4 is 0 Å². The van der Waals surface area contributed by atoms with Crippen molar-refractivity contribution in [2.75, 3.05) is 7.11 Å². The Morgan fingerprint density at radius 3 is 2.41 bits per heavy atom. The Labute approximate surface area is 95.4 Å². The van der Waals surface area contributed by atoms with Crippen LogP contribution in [0.2, 0.25) is 0 Å². The summed E-state index contributed by atoms with van der Waals surface area (Å²) >= 11 is 0. The van der Waals surface area contributed by atoms with Crippen molar-refractivity contribution in [3.63, 3.8) is 0 Å². The lowest BCUT2D eigenvalue weighted by atomic mass is 10.00. The van der Waals surface area contributed by atoms with Gasteiger partial charge in [0.2, 0.25) is 0 Å². The van der Waals surface area contributed by atoms with Crippen LogP contribution in [0.5, 0.6) is 11.5 Å². The molecule has 96 valence electrons. The Kier molecular flexibility index (Phi) is 3.84. The van der Waals surface area contributed by atoms with E-state index in [1.807, 2.05) is 0 Å². The average molecular weight is 251 g/mol. The number of hydrogen-bond donors (Lipinski definition) is 3. The van der Waals surface area contributed by atoms with Gasteiger partial charge >= 0.3 is 6.18 Å². The molecule has 1 rings (SSSR count). The molecule has 0 amide bonds. The summed E-state index contributed by atoms with van der Waals surface area (Å²) in [6.45, 7) is 0. The molecular formula is C10H12F3NO3.